The van der Waals surface area contributed by atoms with Crippen molar-refractivity contribution in [2.45, 2.75) is 12.8 Å². The number of amides is 1. The van der Waals surface area contributed by atoms with Crippen LogP contribution in [0.3, 0.4) is 0 Å². The number of nitrogens with zero attached hydrogens (tertiary/aromatic N) is 3. The van der Waals surface area contributed by atoms with Crippen LogP contribution in [-0.4, -0.2) is 28.0 Å². The standard InChI is InChI=1S/C9H11N3O2/c1-11-4-3-8(10-11)12-5-2-7(13)6-9(12)14/h3-4H,2,5-6H2,1H3. The molecule has 0 aliphatic carbocycles. The van der Waals surface area contributed by atoms with Gasteiger partial charge in [0, 0.05) is 32.3 Å². The van der Waals surface area contributed by atoms with E-state index in [0.29, 0.717) is 18.8 Å². The van der Waals surface area contributed by atoms with Crippen LogP contribution in [0, 0.1) is 0 Å². The highest BCUT2D eigenvalue weighted by atomic mass is 16.2. The monoisotopic (exact) mass is 193 g/mol. The molecule has 1 aromatic heterocycles. The summed E-state index contributed by atoms with van der Waals surface area (Å²) in [5, 5.41) is 4.12. The van der Waals surface area contributed by atoms with Gasteiger partial charge in [0.05, 0.1) is 6.42 Å². The Morgan fingerprint density at radius 3 is 2.79 bits per heavy atom. The molecule has 0 unspecified atom stereocenters. The van der Waals surface area contributed by atoms with Crippen molar-refractivity contribution in [1.82, 2.24) is 9.78 Å². The molecule has 0 radical (unpaired) electrons. The van der Waals surface area contributed by atoms with Crippen LogP contribution in [0.1, 0.15) is 12.8 Å². The van der Waals surface area contributed by atoms with Crippen LogP contribution in [-0.2, 0) is 16.6 Å². The van der Waals surface area contributed by atoms with E-state index in [1.54, 1.807) is 28.9 Å². The van der Waals surface area contributed by atoms with Gasteiger partial charge in [-0.1, -0.05) is 0 Å². The lowest BCUT2D eigenvalue weighted by molar-refractivity contribution is -0.128. The van der Waals surface area contributed by atoms with Crippen molar-refractivity contribution in [3.63, 3.8) is 0 Å². The Morgan fingerprint density at radius 1 is 1.43 bits per heavy atom. The Hall–Kier alpha value is -1.65. The summed E-state index contributed by atoms with van der Waals surface area (Å²) in [4.78, 5) is 24.0. The first-order valence-electron chi connectivity index (χ1n) is 4.48. The molecule has 5 nitrogen and oxygen atoms in total. The fraction of sp³-hybridized carbons (Fsp3) is 0.444. The van der Waals surface area contributed by atoms with E-state index in [0.717, 1.165) is 0 Å². The van der Waals surface area contributed by atoms with Crippen LogP contribution < -0.4 is 4.90 Å². The number of anilines is 1. The number of hydrogen-bond donors (Lipinski definition) is 0. The Balaban J connectivity index is 2.19. The maximum Gasteiger partial charge on any atom is 0.235 e. The molecule has 1 fully saturated rings. The lowest BCUT2D eigenvalue weighted by atomic mass is 10.1. The third-order valence-corrected chi connectivity index (χ3v) is 2.24. The summed E-state index contributed by atoms with van der Waals surface area (Å²) >= 11 is 0. The Kier molecular flexibility index (Phi) is 2.07. The Labute approximate surface area is 81.3 Å². The highest BCUT2D eigenvalue weighted by molar-refractivity contribution is 6.08. The molecule has 0 bridgehead atoms. The summed E-state index contributed by atoms with van der Waals surface area (Å²) in [5.74, 6) is 0.493. The van der Waals surface area contributed by atoms with Crippen LogP contribution in [0.15, 0.2) is 12.3 Å². The molecule has 5 heteroatoms. The highest BCUT2D eigenvalue weighted by Gasteiger charge is 2.25. The minimum atomic E-state index is -0.153. The van der Waals surface area contributed by atoms with E-state index in [1.165, 1.54) is 0 Å². The second kappa shape index (κ2) is 3.25. The quantitative estimate of drug-likeness (QED) is 0.595. The molecule has 74 valence electrons. The molecular weight excluding hydrogens is 182 g/mol. The SMILES string of the molecule is Cn1ccc(N2CCC(=O)CC2=O)n1. The van der Waals surface area contributed by atoms with E-state index in [2.05, 4.69) is 5.10 Å². The van der Waals surface area contributed by atoms with Crippen molar-refractivity contribution in [1.29, 1.82) is 0 Å². The first kappa shape index (κ1) is 8.93. The first-order valence-corrected chi connectivity index (χ1v) is 4.48. The molecule has 1 aliphatic heterocycles. The number of aromatic nitrogens is 2. The number of hydrogen-bond acceptors (Lipinski definition) is 3. The minimum Gasteiger partial charge on any atom is -0.299 e. The largest absolute Gasteiger partial charge is 0.299 e. The highest BCUT2D eigenvalue weighted by Crippen LogP contribution is 2.16. The van der Waals surface area contributed by atoms with Gasteiger partial charge in [0.2, 0.25) is 5.91 Å². The molecule has 0 atom stereocenters. The zero-order chi connectivity index (χ0) is 10.1. The maximum atomic E-state index is 11.5. The van der Waals surface area contributed by atoms with E-state index in [9.17, 15) is 9.59 Å². The van der Waals surface area contributed by atoms with E-state index in [4.69, 9.17) is 0 Å². The van der Waals surface area contributed by atoms with Crippen molar-refractivity contribution in [3.05, 3.63) is 12.3 Å². The molecule has 2 heterocycles. The first-order chi connectivity index (χ1) is 6.66. The number of carbonyl (C=O) groups is 2. The predicted molar refractivity (Wildman–Crippen MR) is 49.8 cm³/mol. The maximum absolute atomic E-state index is 11.5. The third kappa shape index (κ3) is 1.53. The van der Waals surface area contributed by atoms with Gasteiger partial charge >= 0.3 is 0 Å². The van der Waals surface area contributed by atoms with Gasteiger partial charge in [0.15, 0.2) is 5.82 Å². The van der Waals surface area contributed by atoms with Gasteiger partial charge in [-0.15, -0.1) is 0 Å². The lowest BCUT2D eigenvalue weighted by Gasteiger charge is -2.23. The second-order valence-electron chi connectivity index (χ2n) is 3.36. The zero-order valence-corrected chi connectivity index (χ0v) is 7.93. The van der Waals surface area contributed by atoms with Crippen molar-refractivity contribution in [2.75, 3.05) is 11.4 Å². The van der Waals surface area contributed by atoms with Crippen LogP contribution in [0.25, 0.3) is 0 Å². The van der Waals surface area contributed by atoms with Gasteiger partial charge < -0.3 is 0 Å². The summed E-state index contributed by atoms with van der Waals surface area (Å²) in [7, 11) is 1.79. The summed E-state index contributed by atoms with van der Waals surface area (Å²) in [6.07, 6.45) is 2.22. The van der Waals surface area contributed by atoms with Crippen LogP contribution in [0.4, 0.5) is 5.82 Å². The van der Waals surface area contributed by atoms with Crippen molar-refractivity contribution in [2.24, 2.45) is 7.05 Å². The minimum absolute atomic E-state index is 0.0105. The number of piperidine rings is 1. The van der Waals surface area contributed by atoms with Crippen molar-refractivity contribution < 1.29 is 9.59 Å². The lowest BCUT2D eigenvalue weighted by Crippen LogP contribution is -2.39. The topological polar surface area (TPSA) is 55.2 Å². The fourth-order valence-electron chi connectivity index (χ4n) is 1.50. The number of Topliss-reactive ketones (excluding diaryl/α,β-unsaturated/α-hetero) is 1. The molecule has 1 aliphatic rings. The van der Waals surface area contributed by atoms with E-state index in [-0.39, 0.29) is 18.1 Å². The van der Waals surface area contributed by atoms with Gasteiger partial charge in [-0.25, -0.2) is 0 Å². The number of aryl methyl sites for hydroxylation is 1. The normalized spacial score (nSPS) is 17.6. The summed E-state index contributed by atoms with van der Waals surface area (Å²) in [6, 6.07) is 1.77. The molecule has 2 rings (SSSR count). The van der Waals surface area contributed by atoms with Crippen LogP contribution in [0.5, 0.6) is 0 Å². The second-order valence-corrected chi connectivity index (χ2v) is 3.36. The molecule has 1 saturated heterocycles. The molecule has 1 amide bonds. The van der Waals surface area contributed by atoms with E-state index >= 15 is 0 Å². The fourth-order valence-corrected chi connectivity index (χ4v) is 1.50. The predicted octanol–water partition coefficient (Wildman–Crippen LogP) is 0.116. The number of rotatable bonds is 1. The summed E-state index contributed by atoms with van der Waals surface area (Å²) in [5.41, 5.74) is 0. The molecule has 1 aromatic rings. The Morgan fingerprint density at radius 2 is 2.21 bits per heavy atom. The Bertz CT molecular complexity index is 383. The van der Waals surface area contributed by atoms with Crippen molar-refractivity contribution in [3.8, 4) is 0 Å². The molecule has 0 saturated carbocycles. The molecule has 14 heavy (non-hydrogen) atoms. The van der Waals surface area contributed by atoms with Crippen LogP contribution in [0.2, 0.25) is 0 Å². The number of ketones is 1. The van der Waals surface area contributed by atoms with Gasteiger partial charge in [-0.2, -0.15) is 5.10 Å². The van der Waals surface area contributed by atoms with Gasteiger partial charge in [0.1, 0.15) is 5.78 Å². The summed E-state index contributed by atoms with van der Waals surface area (Å²) < 4.78 is 1.64. The molecule has 0 spiro atoms. The van der Waals surface area contributed by atoms with Crippen molar-refractivity contribution >= 4 is 17.5 Å². The van der Waals surface area contributed by atoms with Gasteiger partial charge in [-0.3, -0.25) is 19.2 Å². The van der Waals surface area contributed by atoms with Gasteiger partial charge in [-0.05, 0) is 0 Å². The van der Waals surface area contributed by atoms with Crippen LogP contribution >= 0.6 is 0 Å². The zero-order valence-electron chi connectivity index (χ0n) is 7.93. The third-order valence-electron chi connectivity index (χ3n) is 2.24. The van der Waals surface area contributed by atoms with E-state index in [1.807, 2.05) is 0 Å². The number of carbonyl (C=O) groups excluding carboxylic acids is 2. The average Bonchev–Trinajstić information content (AvgIpc) is 2.51. The molecular formula is C9H11N3O2. The average molecular weight is 193 g/mol. The van der Waals surface area contributed by atoms with Gasteiger partial charge in [0.25, 0.3) is 0 Å². The molecule has 0 aromatic carbocycles. The van der Waals surface area contributed by atoms with E-state index < -0.39 is 0 Å². The molecule has 0 N–H and O–H groups in total. The summed E-state index contributed by atoms with van der Waals surface area (Å²) in [6.45, 7) is 0.453. The smallest absolute Gasteiger partial charge is 0.235 e.